The summed E-state index contributed by atoms with van der Waals surface area (Å²) in [5, 5.41) is 2.25. The third-order valence-corrected chi connectivity index (χ3v) is 2.00. The molecule has 0 saturated carbocycles. The summed E-state index contributed by atoms with van der Waals surface area (Å²) in [7, 11) is 2.62. The first-order valence-corrected chi connectivity index (χ1v) is 4.37. The highest BCUT2D eigenvalue weighted by atomic mass is 19.4. The molecule has 0 atom stereocenters. The lowest BCUT2D eigenvalue weighted by Crippen LogP contribution is -2.19. The first-order valence-electron chi connectivity index (χ1n) is 4.37. The minimum Gasteiger partial charge on any atom is -0.496 e. The van der Waals surface area contributed by atoms with Crippen molar-refractivity contribution in [1.82, 2.24) is 5.32 Å². The molecule has 0 radical (unpaired) electrons. The Morgan fingerprint density at radius 3 is 2.44 bits per heavy atom. The van der Waals surface area contributed by atoms with Crippen molar-refractivity contribution in [2.24, 2.45) is 0 Å². The molecule has 0 bridgehead atoms. The van der Waals surface area contributed by atoms with E-state index in [1.807, 2.05) is 0 Å². The van der Waals surface area contributed by atoms with Gasteiger partial charge in [0, 0.05) is 7.05 Å². The largest absolute Gasteiger partial charge is 0.496 e. The van der Waals surface area contributed by atoms with Crippen LogP contribution in [0.3, 0.4) is 0 Å². The average molecular weight is 233 g/mol. The minimum absolute atomic E-state index is 0.104. The molecule has 0 aliphatic carbocycles. The van der Waals surface area contributed by atoms with Crippen molar-refractivity contribution >= 4 is 5.91 Å². The van der Waals surface area contributed by atoms with Crippen LogP contribution >= 0.6 is 0 Å². The van der Waals surface area contributed by atoms with Crippen LogP contribution < -0.4 is 10.1 Å². The van der Waals surface area contributed by atoms with E-state index in [2.05, 4.69) is 5.32 Å². The lowest BCUT2D eigenvalue weighted by Gasteiger charge is -2.11. The van der Waals surface area contributed by atoms with Crippen LogP contribution in [0.15, 0.2) is 18.2 Å². The summed E-state index contributed by atoms with van der Waals surface area (Å²) in [6, 6.07) is 2.75. The van der Waals surface area contributed by atoms with Crippen molar-refractivity contribution in [2.45, 2.75) is 6.18 Å². The van der Waals surface area contributed by atoms with E-state index >= 15 is 0 Å². The Morgan fingerprint density at radius 1 is 1.38 bits per heavy atom. The summed E-state index contributed by atoms with van der Waals surface area (Å²) in [6.45, 7) is 0. The number of ether oxygens (including phenoxy) is 1. The first kappa shape index (κ1) is 12.4. The Kier molecular flexibility index (Phi) is 3.41. The van der Waals surface area contributed by atoms with Crippen molar-refractivity contribution in [3.05, 3.63) is 29.3 Å². The topological polar surface area (TPSA) is 38.3 Å². The lowest BCUT2D eigenvalue weighted by atomic mass is 10.1. The van der Waals surface area contributed by atoms with E-state index in [1.54, 1.807) is 0 Å². The van der Waals surface area contributed by atoms with E-state index in [0.29, 0.717) is 0 Å². The highest BCUT2D eigenvalue weighted by Crippen LogP contribution is 2.32. The SMILES string of the molecule is CNC(=O)c1cc(C(F)(F)F)ccc1OC. The van der Waals surface area contributed by atoms with Gasteiger partial charge in [0.2, 0.25) is 0 Å². The molecule has 0 spiro atoms. The van der Waals surface area contributed by atoms with E-state index < -0.39 is 17.6 Å². The van der Waals surface area contributed by atoms with Crippen LogP contribution in [0.4, 0.5) is 13.2 Å². The minimum atomic E-state index is -4.48. The second-order valence-corrected chi connectivity index (χ2v) is 2.99. The Hall–Kier alpha value is -1.72. The van der Waals surface area contributed by atoms with E-state index in [9.17, 15) is 18.0 Å². The molecule has 0 aliphatic rings. The van der Waals surface area contributed by atoms with Gasteiger partial charge in [0.15, 0.2) is 0 Å². The number of nitrogens with one attached hydrogen (secondary N) is 1. The zero-order valence-corrected chi connectivity index (χ0v) is 8.68. The molecule has 0 unspecified atom stereocenters. The fourth-order valence-electron chi connectivity index (χ4n) is 1.20. The highest BCUT2D eigenvalue weighted by molar-refractivity contribution is 5.96. The van der Waals surface area contributed by atoms with Crippen LogP contribution in [-0.2, 0) is 6.18 Å². The van der Waals surface area contributed by atoms with Gasteiger partial charge in [-0.2, -0.15) is 13.2 Å². The molecule has 1 rings (SSSR count). The first-order chi connectivity index (χ1) is 7.40. The van der Waals surface area contributed by atoms with Gasteiger partial charge in [-0.3, -0.25) is 4.79 Å². The Bertz CT molecular complexity index is 402. The van der Waals surface area contributed by atoms with Gasteiger partial charge < -0.3 is 10.1 Å². The second kappa shape index (κ2) is 4.42. The molecule has 0 aliphatic heterocycles. The molecule has 1 aromatic rings. The van der Waals surface area contributed by atoms with Crippen LogP contribution in [-0.4, -0.2) is 20.1 Å². The summed E-state index contributed by atoms with van der Waals surface area (Å²) in [4.78, 5) is 11.3. The molecular weight excluding hydrogens is 223 g/mol. The van der Waals surface area contributed by atoms with Gasteiger partial charge in [-0.25, -0.2) is 0 Å². The molecule has 1 aromatic carbocycles. The number of halogens is 3. The smallest absolute Gasteiger partial charge is 0.416 e. The van der Waals surface area contributed by atoms with Gasteiger partial charge in [-0.15, -0.1) is 0 Å². The molecule has 88 valence electrons. The Balaban J connectivity index is 3.27. The fourth-order valence-corrected chi connectivity index (χ4v) is 1.20. The van der Waals surface area contributed by atoms with Crippen LogP contribution in [0.5, 0.6) is 5.75 Å². The van der Waals surface area contributed by atoms with Crippen molar-refractivity contribution in [3.63, 3.8) is 0 Å². The van der Waals surface area contributed by atoms with Gasteiger partial charge in [0.05, 0.1) is 18.2 Å². The number of rotatable bonds is 2. The molecule has 1 N–H and O–H groups in total. The summed E-state index contributed by atoms with van der Waals surface area (Å²) in [5.74, 6) is -0.518. The maximum Gasteiger partial charge on any atom is 0.416 e. The molecule has 16 heavy (non-hydrogen) atoms. The van der Waals surface area contributed by atoms with E-state index in [-0.39, 0.29) is 11.3 Å². The van der Waals surface area contributed by atoms with Crippen LogP contribution in [0.2, 0.25) is 0 Å². The molecular formula is C10H10F3NO2. The van der Waals surface area contributed by atoms with Gasteiger partial charge in [-0.05, 0) is 18.2 Å². The number of hydrogen-bond donors (Lipinski definition) is 1. The van der Waals surface area contributed by atoms with Crippen molar-refractivity contribution in [3.8, 4) is 5.75 Å². The summed E-state index contributed by atoms with van der Waals surface area (Å²) >= 11 is 0. The average Bonchev–Trinajstić information content (AvgIpc) is 2.25. The monoisotopic (exact) mass is 233 g/mol. The molecule has 0 aromatic heterocycles. The normalized spacial score (nSPS) is 11.1. The van der Waals surface area contributed by atoms with E-state index in [4.69, 9.17) is 4.74 Å². The maximum absolute atomic E-state index is 12.4. The Morgan fingerprint density at radius 2 is 2.00 bits per heavy atom. The summed E-state index contributed by atoms with van der Waals surface area (Å²) in [6.07, 6.45) is -4.48. The Labute approximate surface area is 90.2 Å². The van der Waals surface area contributed by atoms with Gasteiger partial charge in [0.1, 0.15) is 5.75 Å². The van der Waals surface area contributed by atoms with E-state index in [0.717, 1.165) is 18.2 Å². The number of alkyl halides is 3. The number of amides is 1. The molecule has 0 saturated heterocycles. The van der Waals surface area contributed by atoms with Crippen LogP contribution in [0, 0.1) is 0 Å². The third-order valence-electron chi connectivity index (χ3n) is 2.00. The predicted molar refractivity (Wildman–Crippen MR) is 51.4 cm³/mol. The van der Waals surface area contributed by atoms with Crippen molar-refractivity contribution in [1.29, 1.82) is 0 Å². The molecule has 0 fully saturated rings. The molecule has 3 nitrogen and oxygen atoms in total. The van der Waals surface area contributed by atoms with Gasteiger partial charge in [0.25, 0.3) is 5.91 Å². The fraction of sp³-hybridized carbons (Fsp3) is 0.300. The van der Waals surface area contributed by atoms with Crippen molar-refractivity contribution in [2.75, 3.05) is 14.2 Å². The standard InChI is InChI=1S/C10H10F3NO2/c1-14-9(15)7-5-6(10(11,12)13)3-4-8(7)16-2/h3-5H,1-2H3,(H,14,15). The number of hydrogen-bond acceptors (Lipinski definition) is 2. The number of benzene rings is 1. The van der Waals surface area contributed by atoms with Crippen LogP contribution in [0.25, 0.3) is 0 Å². The third kappa shape index (κ3) is 2.44. The quantitative estimate of drug-likeness (QED) is 0.849. The highest BCUT2D eigenvalue weighted by Gasteiger charge is 2.31. The van der Waals surface area contributed by atoms with Gasteiger partial charge >= 0.3 is 6.18 Å². The zero-order chi connectivity index (χ0) is 12.3. The number of carbonyl (C=O) groups is 1. The van der Waals surface area contributed by atoms with Crippen molar-refractivity contribution < 1.29 is 22.7 Å². The number of methoxy groups -OCH3 is 1. The van der Waals surface area contributed by atoms with E-state index in [1.165, 1.54) is 14.2 Å². The maximum atomic E-state index is 12.4. The molecule has 6 heteroatoms. The lowest BCUT2D eigenvalue weighted by molar-refractivity contribution is -0.137. The molecule has 0 heterocycles. The molecule has 1 amide bonds. The summed E-state index contributed by atoms with van der Waals surface area (Å²) < 4.78 is 42.0. The predicted octanol–water partition coefficient (Wildman–Crippen LogP) is 2.07. The zero-order valence-electron chi connectivity index (χ0n) is 8.68. The van der Waals surface area contributed by atoms with Crippen LogP contribution in [0.1, 0.15) is 15.9 Å². The number of carbonyl (C=O) groups excluding carboxylic acids is 1. The van der Waals surface area contributed by atoms with Gasteiger partial charge in [-0.1, -0.05) is 0 Å². The second-order valence-electron chi connectivity index (χ2n) is 2.99. The summed E-state index contributed by atoms with van der Waals surface area (Å²) in [5.41, 5.74) is -1.02.